The zero-order valence-electron chi connectivity index (χ0n) is 18.0. The van der Waals surface area contributed by atoms with Gasteiger partial charge < -0.3 is 14.9 Å². The van der Waals surface area contributed by atoms with Gasteiger partial charge in [-0.2, -0.15) is 13.2 Å². The monoisotopic (exact) mass is 489 g/mol. The summed E-state index contributed by atoms with van der Waals surface area (Å²) in [5, 5.41) is 0. The van der Waals surface area contributed by atoms with Crippen LogP contribution in [0.4, 0.5) is 30.7 Å². The highest BCUT2D eigenvalue weighted by molar-refractivity contribution is 5.83. The summed E-state index contributed by atoms with van der Waals surface area (Å²) in [6, 6.07) is 3.53. The van der Waals surface area contributed by atoms with E-state index in [1.165, 1.54) is 0 Å². The average Bonchev–Trinajstić information content (AvgIpc) is 3.12. The van der Waals surface area contributed by atoms with Crippen LogP contribution in [-0.4, -0.2) is 29.0 Å². The summed E-state index contributed by atoms with van der Waals surface area (Å²) >= 11 is 0. The number of alkyl halides is 5. The minimum Gasteiger partial charge on any atom is -0.436 e. The van der Waals surface area contributed by atoms with Crippen molar-refractivity contribution in [3.63, 3.8) is 0 Å². The SMILES string of the molecule is CC1(C)OCC(N)=N[C@](C)(c2cc(-c3nc4ccc(C(F)(F)F)cc4o3)c(F)cc2F)C1(F)F. The van der Waals surface area contributed by atoms with E-state index in [2.05, 4.69) is 9.98 Å². The number of nitrogens with zero attached hydrogens (tertiary/aromatic N) is 2. The number of hydrogen-bond donors (Lipinski definition) is 1. The molecule has 5 nitrogen and oxygen atoms in total. The first kappa shape index (κ1) is 24.0. The Kier molecular flexibility index (Phi) is 5.24. The number of benzene rings is 2. The molecular weight excluding hydrogens is 471 g/mol. The van der Waals surface area contributed by atoms with Crippen LogP contribution in [-0.2, 0) is 16.5 Å². The highest BCUT2D eigenvalue weighted by Gasteiger charge is 2.64. The fraction of sp³-hybridized carbons (Fsp3) is 0.364. The molecule has 1 atom stereocenters. The van der Waals surface area contributed by atoms with Gasteiger partial charge in [-0.15, -0.1) is 0 Å². The average molecular weight is 489 g/mol. The minimum atomic E-state index is -4.66. The van der Waals surface area contributed by atoms with Gasteiger partial charge in [-0.25, -0.2) is 22.5 Å². The number of oxazole rings is 1. The van der Waals surface area contributed by atoms with Crippen molar-refractivity contribution in [2.75, 3.05) is 6.61 Å². The largest absolute Gasteiger partial charge is 0.436 e. The molecule has 0 saturated carbocycles. The second-order valence-electron chi connectivity index (χ2n) is 8.56. The van der Waals surface area contributed by atoms with Crippen molar-refractivity contribution >= 4 is 16.9 Å². The Balaban J connectivity index is 1.92. The van der Waals surface area contributed by atoms with Crippen LogP contribution in [0.15, 0.2) is 39.7 Å². The van der Waals surface area contributed by atoms with E-state index in [0.29, 0.717) is 12.1 Å². The zero-order valence-corrected chi connectivity index (χ0v) is 18.0. The lowest BCUT2D eigenvalue weighted by molar-refractivity contribution is -0.214. The smallest absolute Gasteiger partial charge is 0.416 e. The quantitative estimate of drug-likeness (QED) is 0.462. The second kappa shape index (κ2) is 7.42. The lowest BCUT2D eigenvalue weighted by atomic mass is 9.77. The fourth-order valence-corrected chi connectivity index (χ4v) is 3.85. The number of aliphatic imine (C=N–C) groups is 1. The van der Waals surface area contributed by atoms with Crippen molar-refractivity contribution < 1.29 is 39.9 Å². The first-order valence-corrected chi connectivity index (χ1v) is 9.90. The number of rotatable bonds is 2. The summed E-state index contributed by atoms with van der Waals surface area (Å²) in [4.78, 5) is 7.75. The number of hydrogen-bond acceptors (Lipinski definition) is 5. The topological polar surface area (TPSA) is 73.6 Å². The number of aromatic nitrogens is 1. The van der Waals surface area contributed by atoms with Crippen molar-refractivity contribution in [2.45, 2.75) is 44.0 Å². The molecule has 0 saturated heterocycles. The van der Waals surface area contributed by atoms with E-state index < -0.39 is 64.1 Å². The second-order valence-corrected chi connectivity index (χ2v) is 8.56. The highest BCUT2D eigenvalue weighted by atomic mass is 19.4. The van der Waals surface area contributed by atoms with Gasteiger partial charge in [-0.3, -0.25) is 4.99 Å². The Morgan fingerprint density at radius 3 is 2.32 bits per heavy atom. The summed E-state index contributed by atoms with van der Waals surface area (Å²) in [7, 11) is 0. The van der Waals surface area contributed by atoms with Crippen molar-refractivity contribution in [3.8, 4) is 11.5 Å². The summed E-state index contributed by atoms with van der Waals surface area (Å²) in [6.45, 7) is 2.65. The van der Waals surface area contributed by atoms with Gasteiger partial charge in [0.15, 0.2) is 11.1 Å². The Hall–Kier alpha value is -3.15. The summed E-state index contributed by atoms with van der Waals surface area (Å²) in [5.74, 6) is -7.26. The molecular formula is C22H18F7N3O2. The van der Waals surface area contributed by atoms with Gasteiger partial charge >= 0.3 is 12.1 Å². The number of nitrogens with two attached hydrogens (primary N) is 1. The van der Waals surface area contributed by atoms with Gasteiger partial charge in [0.2, 0.25) is 5.89 Å². The highest BCUT2D eigenvalue weighted by Crippen LogP contribution is 2.51. The molecule has 1 aromatic heterocycles. The van der Waals surface area contributed by atoms with Crippen LogP contribution in [0.1, 0.15) is 31.9 Å². The number of ether oxygens (including phenoxy) is 1. The standard InChI is InChI=1S/C22H18F7N3O2/c1-19(2)22(28,29)20(3,32-17(30)9-33-19)12-7-11(13(23)8-14(12)24)18-31-15-5-4-10(21(25,26)27)6-16(15)34-18/h4-8H,9H2,1-3H3,(H2,30,32)/t20-/m1/s1. The Bertz CT molecular complexity index is 1310. The lowest BCUT2D eigenvalue weighted by Crippen LogP contribution is -2.56. The molecule has 3 aromatic rings. The summed E-state index contributed by atoms with van der Waals surface area (Å²) in [5.41, 5.74) is -1.74. The third-order valence-corrected chi connectivity index (χ3v) is 5.84. The first-order valence-electron chi connectivity index (χ1n) is 9.90. The molecule has 0 fully saturated rings. The van der Waals surface area contributed by atoms with Crippen molar-refractivity contribution in [3.05, 3.63) is 53.1 Å². The van der Waals surface area contributed by atoms with E-state index in [9.17, 15) is 22.0 Å². The molecule has 2 aromatic carbocycles. The number of fused-ring (bicyclic) bond motifs is 1. The van der Waals surface area contributed by atoms with E-state index >= 15 is 8.78 Å². The Morgan fingerprint density at radius 2 is 1.68 bits per heavy atom. The fourth-order valence-electron chi connectivity index (χ4n) is 3.85. The van der Waals surface area contributed by atoms with Gasteiger partial charge in [0.1, 0.15) is 35.2 Å². The molecule has 1 aliphatic heterocycles. The molecule has 2 N–H and O–H groups in total. The molecule has 0 bridgehead atoms. The third kappa shape index (κ3) is 3.60. The molecule has 4 rings (SSSR count). The predicted octanol–water partition coefficient (Wildman–Crippen LogP) is 5.81. The minimum absolute atomic E-state index is 0.0453. The molecule has 0 spiro atoms. The van der Waals surface area contributed by atoms with Crippen LogP contribution >= 0.6 is 0 Å². The molecule has 2 heterocycles. The summed E-state index contributed by atoms with van der Waals surface area (Å²) in [6.07, 6.45) is -4.66. The molecule has 0 unspecified atom stereocenters. The van der Waals surface area contributed by atoms with E-state index in [0.717, 1.165) is 39.0 Å². The normalized spacial score (nSPS) is 22.5. The van der Waals surface area contributed by atoms with Crippen LogP contribution in [0.2, 0.25) is 0 Å². The van der Waals surface area contributed by atoms with Crippen molar-refractivity contribution in [1.29, 1.82) is 0 Å². The van der Waals surface area contributed by atoms with Gasteiger partial charge in [-0.1, -0.05) is 0 Å². The Labute approximate surface area is 188 Å². The van der Waals surface area contributed by atoms with Crippen molar-refractivity contribution in [2.24, 2.45) is 10.7 Å². The lowest BCUT2D eigenvalue weighted by Gasteiger charge is -2.42. The van der Waals surface area contributed by atoms with Crippen LogP contribution < -0.4 is 5.73 Å². The number of amidine groups is 1. The van der Waals surface area contributed by atoms with Crippen LogP contribution in [0.3, 0.4) is 0 Å². The van der Waals surface area contributed by atoms with E-state index in [1.54, 1.807) is 0 Å². The van der Waals surface area contributed by atoms with Crippen LogP contribution in [0.5, 0.6) is 0 Å². The van der Waals surface area contributed by atoms with Gasteiger partial charge in [-0.05, 0) is 45.0 Å². The maximum Gasteiger partial charge on any atom is 0.416 e. The summed E-state index contributed by atoms with van der Waals surface area (Å²) < 4.78 is 110. The molecule has 34 heavy (non-hydrogen) atoms. The zero-order chi connectivity index (χ0) is 25.3. The van der Waals surface area contributed by atoms with Gasteiger partial charge in [0, 0.05) is 11.6 Å². The molecule has 12 heteroatoms. The van der Waals surface area contributed by atoms with Crippen LogP contribution in [0.25, 0.3) is 22.6 Å². The molecule has 0 amide bonds. The van der Waals surface area contributed by atoms with Crippen LogP contribution in [0, 0.1) is 11.6 Å². The van der Waals surface area contributed by atoms with Gasteiger partial charge in [0.05, 0.1) is 11.1 Å². The first-order chi connectivity index (χ1) is 15.6. The molecule has 182 valence electrons. The van der Waals surface area contributed by atoms with E-state index in [4.69, 9.17) is 14.9 Å². The number of halogens is 7. The molecule has 0 radical (unpaired) electrons. The van der Waals surface area contributed by atoms with E-state index in [-0.39, 0.29) is 16.9 Å². The molecule has 1 aliphatic rings. The third-order valence-electron chi connectivity index (χ3n) is 5.84. The maximum atomic E-state index is 15.6. The Morgan fingerprint density at radius 1 is 1.00 bits per heavy atom. The van der Waals surface area contributed by atoms with Crippen molar-refractivity contribution in [1.82, 2.24) is 4.98 Å². The molecule has 0 aliphatic carbocycles. The maximum absolute atomic E-state index is 15.6. The predicted molar refractivity (Wildman–Crippen MR) is 108 cm³/mol. The van der Waals surface area contributed by atoms with Gasteiger partial charge in [0.25, 0.3) is 0 Å². The van der Waals surface area contributed by atoms with E-state index in [1.807, 2.05) is 0 Å².